The highest BCUT2D eigenvalue weighted by Crippen LogP contribution is 2.08. The van der Waals surface area contributed by atoms with Gasteiger partial charge in [-0.2, -0.15) is 0 Å². The normalized spacial score (nSPS) is 18.5. The molecule has 1 aliphatic heterocycles. The Morgan fingerprint density at radius 1 is 1.27 bits per heavy atom. The molecule has 0 atom stereocenters. The third kappa shape index (κ3) is 6.49. The number of benzene rings is 1. The Kier molecular flexibility index (Phi) is 7.57. The first-order valence-corrected chi connectivity index (χ1v) is 8.83. The number of rotatable bonds is 4. The number of sulfone groups is 1. The molecule has 124 valence electrons. The number of aryl methyl sites for hydroxylation is 1. The molecule has 1 heterocycles. The van der Waals surface area contributed by atoms with Gasteiger partial charge in [0.15, 0.2) is 15.8 Å². The van der Waals surface area contributed by atoms with E-state index in [1.165, 1.54) is 5.56 Å². The zero-order valence-electron chi connectivity index (χ0n) is 12.7. The van der Waals surface area contributed by atoms with Crippen LogP contribution in [0.2, 0.25) is 0 Å². The zero-order chi connectivity index (χ0) is 15.3. The highest BCUT2D eigenvalue weighted by Gasteiger charge is 2.20. The van der Waals surface area contributed by atoms with Gasteiger partial charge in [0.2, 0.25) is 0 Å². The molecule has 1 aromatic carbocycles. The predicted molar refractivity (Wildman–Crippen MR) is 102 cm³/mol. The number of hydrogen-bond acceptors (Lipinski definition) is 4. The van der Waals surface area contributed by atoms with Crippen molar-refractivity contribution in [3.63, 3.8) is 0 Å². The minimum Gasteiger partial charge on any atom is -0.370 e. The summed E-state index contributed by atoms with van der Waals surface area (Å²) in [6.45, 7) is 4.49. The summed E-state index contributed by atoms with van der Waals surface area (Å²) in [6, 6.07) is 7.91. The van der Waals surface area contributed by atoms with Crippen LogP contribution in [0.3, 0.4) is 0 Å². The van der Waals surface area contributed by atoms with Crippen LogP contribution < -0.4 is 11.1 Å². The van der Waals surface area contributed by atoms with E-state index in [1.54, 1.807) is 0 Å². The number of nitrogens with one attached hydrogen (secondary N) is 1. The van der Waals surface area contributed by atoms with Crippen LogP contribution in [0.4, 0.5) is 5.69 Å². The topological polar surface area (TPSA) is 87.8 Å². The summed E-state index contributed by atoms with van der Waals surface area (Å²) in [6.07, 6.45) is 0. The number of nitrogens with two attached hydrogens (primary N) is 1. The molecular weight excluding hydrogens is 415 g/mol. The lowest BCUT2D eigenvalue weighted by molar-refractivity contribution is 0.304. The SMILES string of the molecule is Cc1ccc(NC(N)=NCCN2CCS(=O)(=O)CC2)cc1.I. The smallest absolute Gasteiger partial charge is 0.193 e. The monoisotopic (exact) mass is 438 g/mol. The van der Waals surface area contributed by atoms with Gasteiger partial charge in [-0.05, 0) is 19.1 Å². The Morgan fingerprint density at radius 3 is 2.45 bits per heavy atom. The first-order chi connectivity index (χ1) is 9.94. The van der Waals surface area contributed by atoms with E-state index in [0.717, 1.165) is 12.2 Å². The van der Waals surface area contributed by atoms with Gasteiger partial charge < -0.3 is 11.1 Å². The number of halogens is 1. The largest absolute Gasteiger partial charge is 0.370 e. The molecule has 1 aliphatic rings. The maximum Gasteiger partial charge on any atom is 0.193 e. The van der Waals surface area contributed by atoms with Gasteiger partial charge in [0.25, 0.3) is 0 Å². The first-order valence-electron chi connectivity index (χ1n) is 7.01. The van der Waals surface area contributed by atoms with Crippen LogP contribution in [0.15, 0.2) is 29.3 Å². The second kappa shape index (κ2) is 8.68. The second-order valence-corrected chi connectivity index (χ2v) is 7.56. The molecule has 2 rings (SSSR count). The quantitative estimate of drug-likeness (QED) is 0.417. The number of hydrogen-bond donors (Lipinski definition) is 2. The van der Waals surface area contributed by atoms with E-state index >= 15 is 0 Å². The fraction of sp³-hybridized carbons (Fsp3) is 0.500. The summed E-state index contributed by atoms with van der Waals surface area (Å²) in [5.74, 6) is 0.866. The molecule has 0 aromatic heterocycles. The van der Waals surface area contributed by atoms with Crippen LogP contribution in [0.25, 0.3) is 0 Å². The highest BCUT2D eigenvalue weighted by atomic mass is 127. The van der Waals surface area contributed by atoms with Crippen molar-refractivity contribution in [1.82, 2.24) is 4.90 Å². The Morgan fingerprint density at radius 2 is 1.86 bits per heavy atom. The van der Waals surface area contributed by atoms with Crippen molar-refractivity contribution in [3.05, 3.63) is 29.8 Å². The van der Waals surface area contributed by atoms with Gasteiger partial charge in [0.1, 0.15) is 0 Å². The second-order valence-electron chi connectivity index (χ2n) is 5.25. The summed E-state index contributed by atoms with van der Waals surface area (Å²) in [4.78, 5) is 6.37. The predicted octanol–water partition coefficient (Wildman–Crippen LogP) is 1.07. The number of anilines is 1. The molecule has 0 amide bonds. The standard InChI is InChI=1S/C14H22N4O2S.HI/c1-12-2-4-13(5-3-12)17-14(15)16-6-7-18-8-10-21(19,20)11-9-18;/h2-5H,6-11H2,1H3,(H3,15,16,17);1H. The lowest BCUT2D eigenvalue weighted by Crippen LogP contribution is -2.41. The maximum absolute atomic E-state index is 11.3. The van der Waals surface area contributed by atoms with Gasteiger partial charge in [-0.25, -0.2) is 8.42 Å². The van der Waals surface area contributed by atoms with Crippen molar-refractivity contribution in [3.8, 4) is 0 Å². The summed E-state index contributed by atoms with van der Waals surface area (Å²) < 4.78 is 22.6. The molecule has 1 aromatic rings. The molecule has 8 heteroatoms. The highest BCUT2D eigenvalue weighted by molar-refractivity contribution is 14.0. The van der Waals surface area contributed by atoms with E-state index in [1.807, 2.05) is 31.2 Å². The molecular formula is C14H23IN4O2S. The van der Waals surface area contributed by atoms with Gasteiger partial charge in [0, 0.05) is 25.3 Å². The van der Waals surface area contributed by atoms with Crippen LogP contribution in [0, 0.1) is 6.92 Å². The van der Waals surface area contributed by atoms with Crippen molar-refractivity contribution in [2.75, 3.05) is 43.0 Å². The number of guanidine groups is 1. The molecule has 0 aliphatic carbocycles. The van der Waals surface area contributed by atoms with Crippen molar-refractivity contribution >= 4 is 45.5 Å². The third-order valence-corrected chi connectivity index (χ3v) is 5.07. The Hall–Kier alpha value is -0.870. The summed E-state index contributed by atoms with van der Waals surface area (Å²) in [7, 11) is -2.82. The van der Waals surface area contributed by atoms with Crippen molar-refractivity contribution in [2.45, 2.75) is 6.92 Å². The van der Waals surface area contributed by atoms with Crippen molar-refractivity contribution < 1.29 is 8.42 Å². The molecule has 0 unspecified atom stereocenters. The summed E-state index contributed by atoms with van der Waals surface area (Å²) in [5.41, 5.74) is 7.93. The number of aliphatic imine (C=N–C) groups is 1. The molecule has 3 N–H and O–H groups in total. The van der Waals surface area contributed by atoms with Gasteiger partial charge in [-0.3, -0.25) is 9.89 Å². The van der Waals surface area contributed by atoms with E-state index in [4.69, 9.17) is 5.73 Å². The van der Waals surface area contributed by atoms with Gasteiger partial charge in [0.05, 0.1) is 18.1 Å². The van der Waals surface area contributed by atoms with E-state index in [-0.39, 0.29) is 35.5 Å². The van der Waals surface area contributed by atoms with Crippen LogP contribution in [-0.4, -0.2) is 57.0 Å². The van der Waals surface area contributed by atoms with Crippen molar-refractivity contribution in [2.24, 2.45) is 10.7 Å². The van der Waals surface area contributed by atoms with Crippen LogP contribution in [0.5, 0.6) is 0 Å². The summed E-state index contributed by atoms with van der Waals surface area (Å²) >= 11 is 0. The molecule has 6 nitrogen and oxygen atoms in total. The Labute approximate surface area is 149 Å². The fourth-order valence-corrected chi connectivity index (χ4v) is 3.39. The van der Waals surface area contributed by atoms with Crippen molar-refractivity contribution in [1.29, 1.82) is 0 Å². The molecule has 0 bridgehead atoms. The molecule has 1 saturated heterocycles. The Bertz CT molecular complexity index is 588. The van der Waals surface area contributed by atoms with Crippen LogP contribution in [0.1, 0.15) is 5.56 Å². The van der Waals surface area contributed by atoms with E-state index in [0.29, 0.717) is 25.6 Å². The third-order valence-electron chi connectivity index (χ3n) is 3.46. The molecule has 0 radical (unpaired) electrons. The maximum atomic E-state index is 11.3. The Balaban J connectivity index is 0.00000242. The van der Waals surface area contributed by atoms with Gasteiger partial charge in [-0.15, -0.1) is 24.0 Å². The average molecular weight is 438 g/mol. The zero-order valence-corrected chi connectivity index (χ0v) is 15.8. The van der Waals surface area contributed by atoms with Gasteiger partial charge in [-0.1, -0.05) is 17.7 Å². The van der Waals surface area contributed by atoms with Crippen LogP contribution >= 0.6 is 24.0 Å². The van der Waals surface area contributed by atoms with E-state index in [2.05, 4.69) is 15.2 Å². The lowest BCUT2D eigenvalue weighted by atomic mass is 10.2. The average Bonchev–Trinajstić information content (AvgIpc) is 2.43. The first kappa shape index (κ1) is 19.2. The number of nitrogens with zero attached hydrogens (tertiary/aromatic N) is 2. The van der Waals surface area contributed by atoms with E-state index in [9.17, 15) is 8.42 Å². The molecule has 0 spiro atoms. The van der Waals surface area contributed by atoms with Gasteiger partial charge >= 0.3 is 0 Å². The molecule has 1 fully saturated rings. The summed E-state index contributed by atoms with van der Waals surface area (Å²) in [5, 5.41) is 3.03. The lowest BCUT2D eigenvalue weighted by Gasteiger charge is -2.25. The molecule has 0 saturated carbocycles. The minimum atomic E-state index is -2.82. The van der Waals surface area contributed by atoms with Crippen LogP contribution in [-0.2, 0) is 9.84 Å². The van der Waals surface area contributed by atoms with E-state index < -0.39 is 9.84 Å². The minimum absolute atomic E-state index is 0. The fourth-order valence-electron chi connectivity index (χ4n) is 2.11. The molecule has 22 heavy (non-hydrogen) atoms.